The molecule has 82 heavy (non-hydrogen) atoms. The van der Waals surface area contributed by atoms with Crippen LogP contribution in [0.3, 0.4) is 0 Å². The number of amides is 2. The van der Waals surface area contributed by atoms with Gasteiger partial charge >= 0.3 is 24.0 Å². The smallest absolute Gasteiger partial charge is 0.337 e. The van der Waals surface area contributed by atoms with Crippen LogP contribution in [-0.4, -0.2) is 107 Å². The molecule has 0 atom stereocenters. The van der Waals surface area contributed by atoms with Crippen LogP contribution in [0.25, 0.3) is 21.5 Å². The summed E-state index contributed by atoms with van der Waals surface area (Å²) in [7, 11) is -2.47. The minimum absolute atomic E-state index is 0.0230. The lowest BCUT2D eigenvalue weighted by molar-refractivity contribution is -0.432. The molecule has 32 nitrogen and oxygen atoms in total. The first-order chi connectivity index (χ1) is 39.4. The van der Waals surface area contributed by atoms with E-state index in [4.69, 9.17) is 14.7 Å². The number of methoxy groups -OCH3 is 2. The number of hydrogen-bond donors (Lipinski definition) is 12. The average Bonchev–Trinajstić information content (AvgIpc) is 3.48. The van der Waals surface area contributed by atoms with E-state index in [2.05, 4.69) is 92.1 Å². The van der Waals surface area contributed by atoms with Crippen molar-refractivity contribution in [2.45, 2.75) is 35.5 Å². The molecular formula is C48H42N16O16S2. The van der Waals surface area contributed by atoms with E-state index in [1.54, 1.807) is 24.3 Å². The largest absolute Gasteiger partial charge is 0.505 e. The van der Waals surface area contributed by atoms with Crippen molar-refractivity contribution in [2.75, 3.05) is 35.7 Å². The minimum atomic E-state index is -5.03. The van der Waals surface area contributed by atoms with Crippen LogP contribution in [0, 0.1) is 0 Å². The van der Waals surface area contributed by atoms with Crippen LogP contribution in [0.1, 0.15) is 46.4 Å². The van der Waals surface area contributed by atoms with Crippen LogP contribution in [-0.2, 0) is 29.1 Å². The number of aromatic hydroxyl groups is 2. The number of phenols is 2. The molecule has 2 heterocycles. The first-order valence-electron chi connectivity index (χ1n) is 23.4. The zero-order chi connectivity index (χ0) is 58.5. The summed E-state index contributed by atoms with van der Waals surface area (Å²) >= 11 is 0.480. The number of fused-ring (bicyclic) bond motifs is 2. The molecular weight excluding hydrogens is 1120 g/mol. The monoisotopic (exact) mass is 1160 g/mol. The zero-order valence-electron chi connectivity index (χ0n) is 42.1. The standard InChI is InChI=1S/C48H42N16O16S2/c1-77-47-53-43(49-29-17-9-11-23-21-31(81-80-79-73)37(39(67)35(23)29)61-57-27-15-5-3-13-25(27)41(69)70)51-45(55-47)63-59-33(65)19-7-8-20-34(66)60-64-46-52-44(54-48(56-46)78-2)50-30-18-10-12-24-22-32(82(74,75)76)38(40(68)36(24)30)62-58-28-16-6-4-14-26(28)42(71)72/h3-6,9-18,21-22,67-68,73H,7-8,19-20H2,1-2H3,(H,59,65)(H,60,66)(H,69,70)(H,71,72)(H,74,75,76)(H2,49,51,53,55,63)(H2,50,52,54,56,64). The van der Waals surface area contributed by atoms with Crippen molar-refractivity contribution in [1.29, 1.82) is 0 Å². The Hall–Kier alpha value is -10.5. The van der Waals surface area contributed by atoms with Gasteiger partial charge in [0.2, 0.25) is 35.6 Å². The summed E-state index contributed by atoms with van der Waals surface area (Å²) in [6, 6.07) is 22.6. The van der Waals surface area contributed by atoms with Crippen molar-refractivity contribution in [3.8, 4) is 23.5 Å². The number of anilines is 6. The summed E-state index contributed by atoms with van der Waals surface area (Å²) in [6.45, 7) is 0. The fraction of sp³-hybridized carbons (Fsp3) is 0.125. The number of aromatic carboxylic acids is 2. The Morgan fingerprint density at radius 3 is 1.50 bits per heavy atom. The molecule has 0 aliphatic heterocycles. The number of hydrazine groups is 2. The number of azo groups is 2. The van der Waals surface area contributed by atoms with Crippen molar-refractivity contribution < 1.29 is 76.7 Å². The minimum Gasteiger partial charge on any atom is -0.505 e. The Bertz CT molecular complexity index is 3950. The lowest BCUT2D eigenvalue weighted by Gasteiger charge is -2.14. The van der Waals surface area contributed by atoms with Crippen LogP contribution in [0.5, 0.6) is 23.5 Å². The number of carboxylic acid groups (broad SMARTS) is 2. The second-order valence-electron chi connectivity index (χ2n) is 16.4. The number of benzene rings is 6. The molecule has 2 aromatic heterocycles. The summed E-state index contributed by atoms with van der Waals surface area (Å²) in [5.74, 6) is -5.59. The van der Waals surface area contributed by atoms with E-state index in [1.807, 2.05) is 0 Å². The maximum atomic E-state index is 12.9. The number of unbranched alkanes of at least 4 members (excludes halogenated alkanes) is 1. The van der Waals surface area contributed by atoms with E-state index in [9.17, 15) is 52.6 Å². The lowest BCUT2D eigenvalue weighted by atomic mass is 10.1. The Labute approximate surface area is 464 Å². The Kier molecular flexibility index (Phi) is 18.3. The normalized spacial score (nSPS) is 11.4. The summed E-state index contributed by atoms with van der Waals surface area (Å²) in [5.41, 5.74) is 8.81. The molecule has 12 N–H and O–H groups in total. The highest BCUT2D eigenvalue weighted by molar-refractivity contribution is 7.94. The first kappa shape index (κ1) is 57.6. The van der Waals surface area contributed by atoms with Crippen LogP contribution in [0.2, 0.25) is 0 Å². The summed E-state index contributed by atoms with van der Waals surface area (Å²) in [6.07, 6.45) is 0.346. The summed E-state index contributed by atoms with van der Waals surface area (Å²) in [4.78, 5) is 73.6. The molecule has 0 saturated heterocycles. The molecule has 0 radical (unpaired) electrons. The molecule has 422 valence electrons. The molecule has 0 fully saturated rings. The predicted octanol–water partition coefficient (Wildman–Crippen LogP) is 8.33. The van der Waals surface area contributed by atoms with E-state index < -0.39 is 56.0 Å². The van der Waals surface area contributed by atoms with Crippen molar-refractivity contribution >= 4 is 125 Å². The molecule has 6 aromatic carbocycles. The Morgan fingerprint density at radius 2 is 1.04 bits per heavy atom. The molecule has 8 aromatic rings. The number of carbonyl (C=O) groups is 4. The van der Waals surface area contributed by atoms with Gasteiger partial charge in [0, 0.05) is 23.6 Å². The van der Waals surface area contributed by atoms with Gasteiger partial charge in [0.25, 0.3) is 10.1 Å². The number of nitrogens with one attached hydrogen (secondary N) is 6. The number of nitrogens with zero attached hydrogens (tertiary/aromatic N) is 10. The molecule has 8 rings (SSSR count). The number of hydrogen-bond acceptors (Lipinski definition) is 28. The summed E-state index contributed by atoms with van der Waals surface area (Å²) < 4.78 is 50.1. The van der Waals surface area contributed by atoms with Gasteiger partial charge in [-0.25, -0.2) is 14.8 Å². The van der Waals surface area contributed by atoms with Crippen molar-refractivity contribution in [1.82, 2.24) is 40.8 Å². The Balaban J connectivity index is 0.879. The first-order valence-corrected chi connectivity index (χ1v) is 25.5. The van der Waals surface area contributed by atoms with Gasteiger partial charge in [-0.05, 0) is 72.1 Å². The maximum absolute atomic E-state index is 12.9. The number of carbonyl (C=O) groups excluding carboxylic acids is 2. The molecule has 34 heteroatoms. The summed E-state index contributed by atoms with van der Waals surface area (Å²) in [5, 5.41) is 77.2. The fourth-order valence-electron chi connectivity index (χ4n) is 7.51. The third-order valence-corrected chi connectivity index (χ3v) is 12.6. The number of aromatic nitrogens is 6. The fourth-order valence-corrected chi connectivity index (χ4v) is 8.66. The highest BCUT2D eigenvalue weighted by Gasteiger charge is 2.25. The highest BCUT2D eigenvalue weighted by atomic mass is 32.2. The molecule has 0 unspecified atom stereocenters. The van der Waals surface area contributed by atoms with Gasteiger partial charge in [0.05, 0.1) is 53.7 Å². The van der Waals surface area contributed by atoms with Gasteiger partial charge in [0.1, 0.15) is 27.6 Å². The van der Waals surface area contributed by atoms with Gasteiger partial charge in [-0.1, -0.05) is 53.6 Å². The third kappa shape index (κ3) is 14.0. The molecule has 0 saturated carbocycles. The van der Waals surface area contributed by atoms with Crippen LogP contribution >= 0.6 is 12.0 Å². The highest BCUT2D eigenvalue weighted by Crippen LogP contribution is 2.48. The number of phenolic OH excluding ortho intramolecular Hbond substituents is 2. The number of carboxylic acids is 2. The maximum Gasteiger partial charge on any atom is 0.337 e. The topological polar surface area (TPSA) is 460 Å². The molecule has 0 bridgehead atoms. The van der Waals surface area contributed by atoms with Crippen LogP contribution in [0.4, 0.5) is 57.9 Å². The number of ether oxygens (including phenoxy) is 2. The molecule has 0 aliphatic rings. The van der Waals surface area contributed by atoms with Crippen molar-refractivity contribution in [3.63, 3.8) is 0 Å². The Morgan fingerprint density at radius 1 is 0.585 bits per heavy atom. The molecule has 0 aliphatic carbocycles. The van der Waals surface area contributed by atoms with E-state index in [0.717, 1.165) is 6.07 Å². The van der Waals surface area contributed by atoms with Crippen LogP contribution in [0.15, 0.2) is 127 Å². The molecule has 2 amide bonds. The van der Waals surface area contributed by atoms with E-state index in [-0.39, 0.29) is 122 Å². The lowest BCUT2D eigenvalue weighted by Crippen LogP contribution is -2.31. The van der Waals surface area contributed by atoms with Gasteiger partial charge in [0.15, 0.2) is 11.5 Å². The predicted molar refractivity (Wildman–Crippen MR) is 288 cm³/mol. The zero-order valence-corrected chi connectivity index (χ0v) is 43.8. The third-order valence-electron chi connectivity index (χ3n) is 11.1. The van der Waals surface area contributed by atoms with Crippen molar-refractivity contribution in [3.05, 3.63) is 108 Å². The second kappa shape index (κ2) is 26.0. The van der Waals surface area contributed by atoms with E-state index in [1.165, 1.54) is 80.9 Å². The van der Waals surface area contributed by atoms with Crippen LogP contribution < -0.4 is 41.8 Å². The number of rotatable bonds is 25. The van der Waals surface area contributed by atoms with Gasteiger partial charge in [-0.3, -0.25) is 35.8 Å². The van der Waals surface area contributed by atoms with Gasteiger partial charge in [-0.15, -0.1) is 24.8 Å². The molecule has 0 spiro atoms. The van der Waals surface area contributed by atoms with Crippen molar-refractivity contribution in [2.24, 2.45) is 20.5 Å². The van der Waals surface area contributed by atoms with Gasteiger partial charge in [-0.2, -0.15) is 38.3 Å². The average molecular weight is 1160 g/mol. The van der Waals surface area contributed by atoms with E-state index in [0.29, 0.717) is 17.4 Å². The quantitative estimate of drug-likeness (QED) is 0.00638. The van der Waals surface area contributed by atoms with Gasteiger partial charge < -0.3 is 40.5 Å². The SMILES string of the molecule is COc1nc(NNC(=O)CCCCC(=O)NNc2nc(Nc3cccc4cc(S(=O)(=O)O)c(N=Nc5ccccc5C(=O)O)c(O)c34)nc(OC)n2)nc(Nc2cccc3cc(SOOO)c(N=Nc4ccccc4C(=O)O)c(O)c23)n1. The second-order valence-corrected chi connectivity index (χ2v) is 18.6. The van der Waals surface area contributed by atoms with E-state index >= 15 is 0 Å².